The van der Waals surface area contributed by atoms with Crippen LogP contribution in [0.15, 0.2) is 164 Å². The van der Waals surface area contributed by atoms with Crippen LogP contribution in [-0.2, 0) is 0 Å². The third-order valence-corrected chi connectivity index (χ3v) is 14.8. The molecule has 6 aromatic carbocycles. The van der Waals surface area contributed by atoms with Crippen molar-refractivity contribution in [1.82, 2.24) is 44.1 Å². The zero-order valence-electron chi connectivity index (χ0n) is 28.6. The summed E-state index contributed by atoms with van der Waals surface area (Å²) in [4.78, 5) is 39.5. The van der Waals surface area contributed by atoms with Crippen LogP contribution in [0.5, 0.6) is 0 Å². The molecule has 0 amide bonds. The highest BCUT2D eigenvalue weighted by Crippen LogP contribution is 2.35. The zero-order chi connectivity index (χ0) is 35.6. The van der Waals surface area contributed by atoms with Crippen LogP contribution in [0.3, 0.4) is 0 Å². The molecule has 4 aromatic heterocycles. The van der Waals surface area contributed by atoms with Gasteiger partial charge in [-0.15, -0.1) is 0 Å². The van der Waals surface area contributed by atoms with E-state index in [1.165, 1.54) is 15.6 Å². The van der Waals surface area contributed by atoms with E-state index in [9.17, 15) is 0 Å². The highest BCUT2D eigenvalue weighted by atomic mass is 28.3. The predicted molar refractivity (Wildman–Crippen MR) is 214 cm³/mol. The fraction of sp³-hybridized carbons (Fsp3) is 0. The third kappa shape index (κ3) is 4.57. The number of benzene rings is 6. The topological polar surface area (TPSA) is 108 Å². The molecule has 10 heteroatoms. The highest BCUT2D eigenvalue weighted by Gasteiger charge is 2.50. The molecular weight excluding hydrogens is 683 g/mol. The van der Waals surface area contributed by atoms with E-state index in [2.05, 4.69) is 117 Å². The molecule has 0 saturated carbocycles. The van der Waals surface area contributed by atoms with E-state index in [0.717, 1.165) is 50.1 Å². The molecule has 0 fully saturated rings. The molecule has 252 valence electrons. The summed E-state index contributed by atoms with van der Waals surface area (Å²) >= 11 is 0. The van der Waals surface area contributed by atoms with Crippen molar-refractivity contribution in [2.24, 2.45) is 0 Å². The van der Waals surface area contributed by atoms with E-state index >= 15 is 0 Å². The van der Waals surface area contributed by atoms with Crippen LogP contribution in [0.2, 0.25) is 0 Å². The van der Waals surface area contributed by atoms with Gasteiger partial charge in [0.25, 0.3) is 8.24 Å². The number of fused-ring (bicyclic) bond motifs is 7. The molecule has 0 radical (unpaired) electrons. The first-order valence-corrected chi connectivity index (χ1v) is 19.6. The van der Waals surface area contributed by atoms with Crippen molar-refractivity contribution in [3.63, 3.8) is 0 Å². The van der Waals surface area contributed by atoms with Gasteiger partial charge < -0.3 is 4.23 Å². The quantitative estimate of drug-likeness (QED) is 0.184. The van der Waals surface area contributed by atoms with Crippen molar-refractivity contribution in [1.29, 1.82) is 0 Å². The van der Waals surface area contributed by atoms with Gasteiger partial charge in [-0.25, -0.2) is 29.9 Å². The lowest BCUT2D eigenvalue weighted by molar-refractivity contribution is 1.04. The second-order valence-electron chi connectivity index (χ2n) is 13.3. The number of para-hydroxylation sites is 6. The summed E-state index contributed by atoms with van der Waals surface area (Å²) in [6.07, 6.45) is 3.43. The van der Waals surface area contributed by atoms with Gasteiger partial charge in [-0.3, -0.25) is 9.97 Å². The Morgan fingerprint density at radius 3 is 1.67 bits per heavy atom. The third-order valence-electron chi connectivity index (χ3n) is 10.2. The Kier molecular flexibility index (Phi) is 6.67. The van der Waals surface area contributed by atoms with Crippen LogP contribution < -0.4 is 15.6 Å². The van der Waals surface area contributed by atoms with Gasteiger partial charge in [0, 0.05) is 11.1 Å². The Labute approximate surface area is 309 Å². The lowest BCUT2D eigenvalue weighted by Crippen LogP contribution is -2.70. The molecule has 0 aliphatic carbocycles. The van der Waals surface area contributed by atoms with E-state index in [4.69, 9.17) is 29.9 Å². The van der Waals surface area contributed by atoms with Crippen molar-refractivity contribution in [2.45, 2.75) is 0 Å². The standard InChI is InChI=1S/C44H27N9Si/c1-2-14-29(15-3-1)54(40-24-11-4-17-31(40)44-49-36-22-9-10-23-39(36)53(44)54)30-16-12-13-28(25-30)41-50-42(37-26-45-32-18-5-7-20-34(32)47-37)52-43(51-41)38-27-46-33-19-6-8-21-35(33)48-38/h1-27H. The van der Waals surface area contributed by atoms with Gasteiger partial charge in [0.2, 0.25) is 0 Å². The lowest BCUT2D eigenvalue weighted by atomic mass is 10.2. The summed E-state index contributed by atoms with van der Waals surface area (Å²) in [7, 11) is -2.98. The normalized spacial score (nSPS) is 14.7. The van der Waals surface area contributed by atoms with Gasteiger partial charge in [0.05, 0.1) is 45.5 Å². The summed E-state index contributed by atoms with van der Waals surface area (Å²) < 4.78 is 2.53. The molecule has 11 rings (SSSR count). The molecule has 0 saturated heterocycles. The maximum atomic E-state index is 5.23. The number of hydrogen-bond acceptors (Lipinski definition) is 8. The minimum absolute atomic E-state index is 0.401. The average Bonchev–Trinajstić information content (AvgIpc) is 3.77. The number of aromatic nitrogens is 9. The molecule has 1 unspecified atom stereocenters. The summed E-state index contributed by atoms with van der Waals surface area (Å²) in [5.74, 6) is 2.29. The van der Waals surface area contributed by atoms with E-state index in [1.807, 2.05) is 48.5 Å². The molecule has 54 heavy (non-hydrogen) atoms. The van der Waals surface area contributed by atoms with Crippen molar-refractivity contribution >= 4 is 56.9 Å². The first-order chi connectivity index (χ1) is 26.7. The Morgan fingerprint density at radius 2 is 0.963 bits per heavy atom. The molecule has 9 nitrogen and oxygen atoms in total. The van der Waals surface area contributed by atoms with Crippen LogP contribution in [0.4, 0.5) is 0 Å². The summed E-state index contributed by atoms with van der Waals surface area (Å²) in [5.41, 5.74) is 8.27. The smallest absolute Gasteiger partial charge is 0.259 e. The fourth-order valence-electron chi connectivity index (χ4n) is 7.82. The average molecular weight is 710 g/mol. The second-order valence-corrected chi connectivity index (χ2v) is 16.8. The molecule has 1 aliphatic rings. The van der Waals surface area contributed by atoms with Crippen LogP contribution in [-0.4, -0.2) is 52.3 Å². The summed E-state index contributed by atoms with van der Waals surface area (Å²) in [5, 5.41) is 3.72. The maximum absolute atomic E-state index is 5.23. The lowest BCUT2D eigenvalue weighted by Gasteiger charge is -2.32. The Balaban J connectivity index is 1.16. The number of rotatable bonds is 5. The van der Waals surface area contributed by atoms with Gasteiger partial charge in [0.1, 0.15) is 17.2 Å². The Hall–Kier alpha value is -7.30. The van der Waals surface area contributed by atoms with E-state index in [0.29, 0.717) is 28.9 Å². The van der Waals surface area contributed by atoms with Gasteiger partial charge in [-0.2, -0.15) is 0 Å². The molecule has 10 aromatic rings. The first-order valence-electron chi connectivity index (χ1n) is 17.7. The van der Waals surface area contributed by atoms with E-state index in [1.54, 1.807) is 12.4 Å². The molecular formula is C44H27N9Si. The fourth-order valence-corrected chi connectivity index (χ4v) is 12.9. The minimum Gasteiger partial charge on any atom is -0.339 e. The predicted octanol–water partition coefficient (Wildman–Crippen LogP) is 6.60. The highest BCUT2D eigenvalue weighted by molar-refractivity contribution is 7.12. The Morgan fingerprint density at radius 1 is 0.407 bits per heavy atom. The molecule has 0 bridgehead atoms. The maximum Gasteiger partial charge on any atom is 0.259 e. The first kappa shape index (κ1) is 30.3. The molecule has 1 atom stereocenters. The van der Waals surface area contributed by atoms with Gasteiger partial charge in [-0.05, 0) is 58.0 Å². The van der Waals surface area contributed by atoms with Gasteiger partial charge in [0.15, 0.2) is 17.5 Å². The van der Waals surface area contributed by atoms with Crippen molar-refractivity contribution in [2.75, 3.05) is 0 Å². The Bertz CT molecular complexity index is 2990. The van der Waals surface area contributed by atoms with Crippen LogP contribution in [0, 0.1) is 0 Å². The summed E-state index contributed by atoms with van der Waals surface area (Å²) in [6, 6.07) is 52.2. The van der Waals surface area contributed by atoms with Crippen molar-refractivity contribution < 1.29 is 0 Å². The second kappa shape index (κ2) is 11.9. The number of hydrogen-bond donors (Lipinski definition) is 0. The van der Waals surface area contributed by atoms with Gasteiger partial charge >= 0.3 is 0 Å². The van der Waals surface area contributed by atoms with Crippen LogP contribution in [0.25, 0.3) is 78.9 Å². The van der Waals surface area contributed by atoms with Crippen LogP contribution >= 0.6 is 0 Å². The largest absolute Gasteiger partial charge is 0.339 e. The van der Waals surface area contributed by atoms with Crippen molar-refractivity contribution in [3.8, 4) is 45.8 Å². The SMILES string of the molecule is c1ccc([Si]2(c3cccc(-c4nc(-c5cnc6ccccc6n5)nc(-c5cnc6ccccc6n5)n4)c3)c3ccccc3-c3nc4ccccc4n32)cc1. The molecule has 0 spiro atoms. The van der Waals surface area contributed by atoms with Crippen molar-refractivity contribution in [3.05, 3.63) is 164 Å². The van der Waals surface area contributed by atoms with E-state index < -0.39 is 8.24 Å². The van der Waals surface area contributed by atoms with Gasteiger partial charge in [-0.1, -0.05) is 109 Å². The number of nitrogens with zero attached hydrogens (tertiary/aromatic N) is 9. The molecule has 5 heterocycles. The summed E-state index contributed by atoms with van der Waals surface area (Å²) in [6.45, 7) is 0. The molecule has 1 aliphatic heterocycles. The number of imidazole rings is 1. The minimum atomic E-state index is -2.98. The zero-order valence-corrected chi connectivity index (χ0v) is 29.6. The molecule has 0 N–H and O–H groups in total. The van der Waals surface area contributed by atoms with Crippen LogP contribution in [0.1, 0.15) is 0 Å². The van der Waals surface area contributed by atoms with E-state index in [-0.39, 0.29) is 0 Å². The monoisotopic (exact) mass is 709 g/mol.